The van der Waals surface area contributed by atoms with Gasteiger partial charge in [-0.3, -0.25) is 9.78 Å². The number of hydrogen-bond acceptors (Lipinski definition) is 3. The maximum atomic E-state index is 13.7. The van der Waals surface area contributed by atoms with Crippen LogP contribution in [-0.4, -0.2) is 10.9 Å². The number of benzene rings is 2. The Labute approximate surface area is 149 Å². The van der Waals surface area contributed by atoms with Crippen LogP contribution in [0.4, 0.5) is 20.2 Å². The summed E-state index contributed by atoms with van der Waals surface area (Å²) in [6.45, 7) is 1.99. The Hall–Kier alpha value is -3.28. The SMILES string of the molecule is CC(Nc1ccnc(C(=O)Nc2c(F)cccc2F)c1)c1ccccc1. The van der Waals surface area contributed by atoms with Crippen LogP contribution in [0.1, 0.15) is 29.0 Å². The predicted octanol–water partition coefficient (Wildman–Crippen LogP) is 4.79. The molecular weight excluding hydrogens is 336 g/mol. The molecule has 3 rings (SSSR count). The summed E-state index contributed by atoms with van der Waals surface area (Å²) in [4.78, 5) is 16.3. The summed E-state index contributed by atoms with van der Waals surface area (Å²) in [7, 11) is 0. The Morgan fingerprint density at radius 2 is 1.69 bits per heavy atom. The third-order valence-corrected chi connectivity index (χ3v) is 3.88. The van der Waals surface area contributed by atoms with Crippen LogP contribution in [0.15, 0.2) is 66.9 Å². The molecule has 0 aliphatic rings. The van der Waals surface area contributed by atoms with Crippen molar-refractivity contribution in [1.29, 1.82) is 0 Å². The largest absolute Gasteiger partial charge is 0.378 e. The van der Waals surface area contributed by atoms with Gasteiger partial charge in [-0.25, -0.2) is 8.78 Å². The van der Waals surface area contributed by atoms with E-state index in [0.717, 1.165) is 17.7 Å². The summed E-state index contributed by atoms with van der Waals surface area (Å²) >= 11 is 0. The Morgan fingerprint density at radius 3 is 2.38 bits per heavy atom. The monoisotopic (exact) mass is 353 g/mol. The predicted molar refractivity (Wildman–Crippen MR) is 97.0 cm³/mol. The molecule has 0 spiro atoms. The van der Waals surface area contributed by atoms with E-state index in [1.807, 2.05) is 37.3 Å². The number of aromatic nitrogens is 1. The van der Waals surface area contributed by atoms with Gasteiger partial charge in [0.05, 0.1) is 0 Å². The van der Waals surface area contributed by atoms with E-state index in [9.17, 15) is 13.6 Å². The lowest BCUT2D eigenvalue weighted by Crippen LogP contribution is -2.16. The maximum Gasteiger partial charge on any atom is 0.274 e. The van der Waals surface area contributed by atoms with Crippen molar-refractivity contribution in [2.24, 2.45) is 0 Å². The van der Waals surface area contributed by atoms with Crippen molar-refractivity contribution in [2.75, 3.05) is 10.6 Å². The second kappa shape index (κ2) is 7.74. The van der Waals surface area contributed by atoms with E-state index in [0.29, 0.717) is 5.69 Å². The second-order valence-corrected chi connectivity index (χ2v) is 5.76. The fourth-order valence-electron chi connectivity index (χ4n) is 2.51. The molecule has 132 valence electrons. The number of carbonyl (C=O) groups excluding carboxylic acids is 1. The molecule has 0 fully saturated rings. The minimum absolute atomic E-state index is 0.0125. The van der Waals surface area contributed by atoms with Gasteiger partial charge in [0.1, 0.15) is 23.0 Å². The minimum Gasteiger partial charge on any atom is -0.378 e. The quantitative estimate of drug-likeness (QED) is 0.694. The van der Waals surface area contributed by atoms with E-state index in [4.69, 9.17) is 0 Å². The highest BCUT2D eigenvalue weighted by Crippen LogP contribution is 2.21. The van der Waals surface area contributed by atoms with Gasteiger partial charge in [0.2, 0.25) is 0 Å². The first-order valence-electron chi connectivity index (χ1n) is 8.07. The molecule has 0 aliphatic carbocycles. The van der Waals surface area contributed by atoms with Crippen molar-refractivity contribution in [1.82, 2.24) is 4.98 Å². The third-order valence-electron chi connectivity index (χ3n) is 3.88. The van der Waals surface area contributed by atoms with Crippen LogP contribution >= 0.6 is 0 Å². The van der Waals surface area contributed by atoms with Crippen LogP contribution in [0, 0.1) is 11.6 Å². The molecule has 4 nitrogen and oxygen atoms in total. The van der Waals surface area contributed by atoms with Crippen LogP contribution in [0.25, 0.3) is 0 Å². The summed E-state index contributed by atoms with van der Waals surface area (Å²) in [5, 5.41) is 5.50. The highest BCUT2D eigenvalue weighted by atomic mass is 19.1. The molecule has 1 unspecified atom stereocenters. The van der Waals surface area contributed by atoms with Gasteiger partial charge < -0.3 is 10.6 Å². The summed E-state index contributed by atoms with van der Waals surface area (Å²) < 4.78 is 27.4. The Morgan fingerprint density at radius 1 is 1.00 bits per heavy atom. The fourth-order valence-corrected chi connectivity index (χ4v) is 2.51. The van der Waals surface area contributed by atoms with Crippen LogP contribution < -0.4 is 10.6 Å². The molecule has 2 N–H and O–H groups in total. The first kappa shape index (κ1) is 17.5. The van der Waals surface area contributed by atoms with Crippen LogP contribution in [0.3, 0.4) is 0 Å². The van der Waals surface area contributed by atoms with E-state index >= 15 is 0 Å². The molecular formula is C20H17F2N3O. The number of hydrogen-bond donors (Lipinski definition) is 2. The van der Waals surface area contributed by atoms with Gasteiger partial charge in [-0.15, -0.1) is 0 Å². The lowest BCUT2D eigenvalue weighted by atomic mass is 10.1. The van der Waals surface area contributed by atoms with E-state index < -0.39 is 23.2 Å². The van der Waals surface area contributed by atoms with Crippen LogP contribution in [-0.2, 0) is 0 Å². The summed E-state index contributed by atoms with van der Waals surface area (Å²) in [6.07, 6.45) is 1.46. The molecule has 0 saturated carbocycles. The molecule has 3 aromatic rings. The van der Waals surface area contributed by atoms with Gasteiger partial charge in [0.25, 0.3) is 5.91 Å². The van der Waals surface area contributed by atoms with Gasteiger partial charge >= 0.3 is 0 Å². The van der Waals surface area contributed by atoms with Gasteiger partial charge in [0.15, 0.2) is 0 Å². The Kier molecular flexibility index (Phi) is 5.22. The normalized spacial score (nSPS) is 11.7. The molecule has 2 aromatic carbocycles. The average Bonchev–Trinajstić information content (AvgIpc) is 2.65. The first-order valence-corrected chi connectivity index (χ1v) is 8.07. The number of amides is 1. The van der Waals surface area contributed by atoms with Gasteiger partial charge in [-0.1, -0.05) is 36.4 Å². The lowest BCUT2D eigenvalue weighted by Gasteiger charge is -2.16. The van der Waals surface area contributed by atoms with Gasteiger partial charge in [-0.2, -0.15) is 0 Å². The van der Waals surface area contributed by atoms with Crippen LogP contribution in [0.2, 0.25) is 0 Å². The molecule has 6 heteroatoms. The molecule has 1 amide bonds. The number of halogens is 2. The summed E-state index contributed by atoms with van der Waals surface area (Å²) in [5.41, 5.74) is 1.33. The molecule has 0 radical (unpaired) electrons. The standard InChI is InChI=1S/C20H17F2N3O/c1-13(14-6-3-2-4-7-14)24-15-10-11-23-18(12-15)20(26)25-19-16(21)8-5-9-17(19)22/h2-13H,1H3,(H,23,24)(H,25,26). The Balaban J connectivity index is 1.75. The number of para-hydroxylation sites is 1. The van der Waals surface area contributed by atoms with Gasteiger partial charge in [0, 0.05) is 17.9 Å². The number of rotatable bonds is 5. The third kappa shape index (κ3) is 4.03. The molecule has 1 aromatic heterocycles. The van der Waals surface area contributed by atoms with E-state index in [1.54, 1.807) is 6.07 Å². The van der Waals surface area contributed by atoms with Gasteiger partial charge in [-0.05, 0) is 36.8 Å². The zero-order chi connectivity index (χ0) is 18.5. The topological polar surface area (TPSA) is 54.0 Å². The number of anilines is 2. The van der Waals surface area contributed by atoms with Crippen molar-refractivity contribution < 1.29 is 13.6 Å². The van der Waals surface area contributed by atoms with Crippen molar-refractivity contribution >= 4 is 17.3 Å². The zero-order valence-corrected chi connectivity index (χ0v) is 14.0. The van der Waals surface area contributed by atoms with E-state index in [1.165, 1.54) is 18.3 Å². The number of carbonyl (C=O) groups is 1. The van der Waals surface area contributed by atoms with Crippen molar-refractivity contribution in [2.45, 2.75) is 13.0 Å². The lowest BCUT2D eigenvalue weighted by molar-refractivity contribution is 0.102. The minimum atomic E-state index is -0.842. The van der Waals surface area contributed by atoms with Crippen molar-refractivity contribution in [3.63, 3.8) is 0 Å². The second-order valence-electron chi connectivity index (χ2n) is 5.76. The number of pyridine rings is 1. The number of nitrogens with zero attached hydrogens (tertiary/aromatic N) is 1. The van der Waals surface area contributed by atoms with E-state index in [-0.39, 0.29) is 11.7 Å². The van der Waals surface area contributed by atoms with Crippen LogP contribution in [0.5, 0.6) is 0 Å². The average molecular weight is 353 g/mol. The smallest absolute Gasteiger partial charge is 0.274 e. The highest BCUT2D eigenvalue weighted by Gasteiger charge is 2.15. The molecule has 0 saturated heterocycles. The molecule has 0 bridgehead atoms. The summed E-state index contributed by atoms with van der Waals surface area (Å²) in [6, 6.07) is 16.5. The first-order chi connectivity index (χ1) is 12.5. The Bertz CT molecular complexity index is 896. The summed E-state index contributed by atoms with van der Waals surface area (Å²) in [5.74, 6) is -2.37. The number of nitrogens with one attached hydrogen (secondary N) is 2. The van der Waals surface area contributed by atoms with Crippen molar-refractivity contribution in [3.05, 3.63) is 89.8 Å². The van der Waals surface area contributed by atoms with Crippen molar-refractivity contribution in [3.8, 4) is 0 Å². The highest BCUT2D eigenvalue weighted by molar-refractivity contribution is 6.03. The molecule has 1 atom stereocenters. The molecule has 26 heavy (non-hydrogen) atoms. The van der Waals surface area contributed by atoms with E-state index in [2.05, 4.69) is 15.6 Å². The fraction of sp³-hybridized carbons (Fsp3) is 0.100. The molecule has 1 heterocycles. The maximum absolute atomic E-state index is 13.7. The zero-order valence-electron chi connectivity index (χ0n) is 14.0. The molecule has 0 aliphatic heterocycles.